The second-order valence-corrected chi connectivity index (χ2v) is 4.77. The van der Waals surface area contributed by atoms with Crippen LogP contribution in [0.4, 0.5) is 13.2 Å². The average molecular weight is 264 g/mol. The molecule has 0 spiro atoms. The maximum Gasteiger partial charge on any atom is 0.416 e. The zero-order valence-corrected chi connectivity index (χ0v) is 9.93. The predicted octanol–water partition coefficient (Wildman–Crippen LogP) is 3.69. The third-order valence-corrected chi connectivity index (χ3v) is 3.36. The van der Waals surface area contributed by atoms with E-state index in [0.29, 0.717) is 6.54 Å². The van der Waals surface area contributed by atoms with Crippen LogP contribution in [-0.4, -0.2) is 24.5 Å². The third kappa shape index (κ3) is 3.13. The van der Waals surface area contributed by atoms with E-state index in [1.165, 1.54) is 18.6 Å². The maximum absolute atomic E-state index is 12.4. The molecule has 0 N–H and O–H groups in total. The SMILES string of the molecule is FC(F)(F)c1ccc([C@H](Cl)CN2CCC2)cc1. The van der Waals surface area contributed by atoms with Crippen molar-refractivity contribution in [1.82, 2.24) is 4.90 Å². The Kier molecular flexibility index (Phi) is 3.64. The van der Waals surface area contributed by atoms with Crippen molar-refractivity contribution in [1.29, 1.82) is 0 Å². The van der Waals surface area contributed by atoms with E-state index in [4.69, 9.17) is 11.6 Å². The molecule has 1 saturated heterocycles. The molecule has 2 rings (SSSR count). The van der Waals surface area contributed by atoms with E-state index < -0.39 is 11.7 Å². The van der Waals surface area contributed by atoms with Gasteiger partial charge in [-0.05, 0) is 37.2 Å². The highest BCUT2D eigenvalue weighted by atomic mass is 35.5. The molecule has 0 aliphatic carbocycles. The lowest BCUT2D eigenvalue weighted by Gasteiger charge is -2.32. The smallest absolute Gasteiger partial charge is 0.301 e. The molecule has 0 unspecified atom stereocenters. The molecule has 1 aliphatic rings. The summed E-state index contributed by atoms with van der Waals surface area (Å²) in [6.07, 6.45) is -3.10. The standard InChI is InChI=1S/C12H13ClF3N/c13-11(8-17-6-1-7-17)9-2-4-10(5-3-9)12(14,15)16/h2-5,11H,1,6-8H2/t11-/m1/s1. The van der Waals surface area contributed by atoms with Crippen LogP contribution in [0, 0.1) is 0 Å². The molecule has 1 aromatic rings. The van der Waals surface area contributed by atoms with Crippen LogP contribution < -0.4 is 0 Å². The molecule has 0 radical (unpaired) electrons. The Morgan fingerprint density at radius 3 is 2.18 bits per heavy atom. The molecule has 17 heavy (non-hydrogen) atoms. The van der Waals surface area contributed by atoms with Crippen LogP contribution in [0.5, 0.6) is 0 Å². The minimum absolute atomic E-state index is 0.238. The van der Waals surface area contributed by atoms with Crippen LogP contribution in [0.25, 0.3) is 0 Å². The van der Waals surface area contributed by atoms with E-state index in [0.717, 1.165) is 30.8 Å². The Morgan fingerprint density at radius 2 is 1.76 bits per heavy atom. The second-order valence-electron chi connectivity index (χ2n) is 4.24. The molecule has 1 atom stereocenters. The number of nitrogens with zero attached hydrogens (tertiary/aromatic N) is 1. The number of rotatable bonds is 3. The summed E-state index contributed by atoms with van der Waals surface area (Å²) in [4.78, 5) is 2.19. The highest BCUT2D eigenvalue weighted by Gasteiger charge is 2.30. The van der Waals surface area contributed by atoms with Gasteiger partial charge in [0.25, 0.3) is 0 Å². The van der Waals surface area contributed by atoms with E-state index in [1.807, 2.05) is 0 Å². The van der Waals surface area contributed by atoms with E-state index in [-0.39, 0.29) is 5.38 Å². The molecular formula is C12H13ClF3N. The lowest BCUT2D eigenvalue weighted by atomic mass is 10.1. The van der Waals surface area contributed by atoms with Crippen LogP contribution in [-0.2, 0) is 6.18 Å². The number of likely N-dealkylation sites (tertiary alicyclic amines) is 1. The Morgan fingerprint density at radius 1 is 1.18 bits per heavy atom. The number of halogens is 4. The van der Waals surface area contributed by atoms with Crippen LogP contribution in [0.2, 0.25) is 0 Å². The second kappa shape index (κ2) is 4.86. The van der Waals surface area contributed by atoms with Crippen LogP contribution in [0.3, 0.4) is 0 Å². The first-order chi connectivity index (χ1) is 7.97. The van der Waals surface area contributed by atoms with E-state index in [2.05, 4.69) is 4.90 Å². The van der Waals surface area contributed by atoms with Crippen LogP contribution in [0.15, 0.2) is 24.3 Å². The Bertz CT molecular complexity index is 370. The summed E-state index contributed by atoms with van der Waals surface area (Å²) in [5.41, 5.74) is 0.112. The van der Waals surface area contributed by atoms with Gasteiger partial charge in [0, 0.05) is 6.54 Å². The molecule has 1 aliphatic heterocycles. The topological polar surface area (TPSA) is 3.24 Å². The monoisotopic (exact) mass is 263 g/mol. The van der Waals surface area contributed by atoms with Gasteiger partial charge in [-0.2, -0.15) is 13.2 Å². The highest BCUT2D eigenvalue weighted by molar-refractivity contribution is 6.21. The minimum Gasteiger partial charge on any atom is -0.301 e. The number of hydrogen-bond donors (Lipinski definition) is 0. The van der Waals surface area contributed by atoms with Gasteiger partial charge in [0.2, 0.25) is 0 Å². The van der Waals surface area contributed by atoms with E-state index in [9.17, 15) is 13.2 Å². The molecule has 94 valence electrons. The third-order valence-electron chi connectivity index (χ3n) is 2.97. The molecule has 0 aromatic heterocycles. The summed E-state index contributed by atoms with van der Waals surface area (Å²) in [7, 11) is 0. The van der Waals surface area contributed by atoms with Gasteiger partial charge in [0.05, 0.1) is 10.9 Å². The van der Waals surface area contributed by atoms with Crippen molar-refractivity contribution < 1.29 is 13.2 Å². The summed E-state index contributed by atoms with van der Waals surface area (Å²) >= 11 is 6.16. The fourth-order valence-corrected chi connectivity index (χ4v) is 2.12. The molecule has 0 saturated carbocycles. The first-order valence-corrected chi connectivity index (χ1v) is 5.94. The summed E-state index contributed by atoms with van der Waals surface area (Å²) in [5, 5.41) is -0.238. The van der Waals surface area contributed by atoms with Crippen LogP contribution >= 0.6 is 11.6 Å². The van der Waals surface area contributed by atoms with Crippen molar-refractivity contribution >= 4 is 11.6 Å². The first kappa shape index (κ1) is 12.7. The largest absolute Gasteiger partial charge is 0.416 e. The van der Waals surface area contributed by atoms with E-state index >= 15 is 0 Å². The van der Waals surface area contributed by atoms with Gasteiger partial charge in [-0.25, -0.2) is 0 Å². The van der Waals surface area contributed by atoms with Gasteiger partial charge in [-0.15, -0.1) is 11.6 Å². The average Bonchev–Trinajstić information content (AvgIpc) is 2.22. The molecule has 5 heteroatoms. The van der Waals surface area contributed by atoms with Gasteiger partial charge in [-0.3, -0.25) is 0 Å². The molecule has 1 aromatic carbocycles. The molecule has 1 fully saturated rings. The van der Waals surface area contributed by atoms with Crippen molar-refractivity contribution in [3.8, 4) is 0 Å². The Hall–Kier alpha value is -0.740. The zero-order valence-electron chi connectivity index (χ0n) is 9.17. The number of benzene rings is 1. The normalized spacial score (nSPS) is 18.8. The number of hydrogen-bond acceptors (Lipinski definition) is 1. The van der Waals surface area contributed by atoms with Crippen molar-refractivity contribution in [3.05, 3.63) is 35.4 Å². The molecule has 1 nitrogen and oxygen atoms in total. The van der Waals surface area contributed by atoms with Gasteiger partial charge < -0.3 is 4.90 Å². The summed E-state index contributed by atoms with van der Waals surface area (Å²) < 4.78 is 37.1. The van der Waals surface area contributed by atoms with Crippen molar-refractivity contribution in [3.63, 3.8) is 0 Å². The van der Waals surface area contributed by atoms with Gasteiger partial charge in [-0.1, -0.05) is 12.1 Å². The first-order valence-electron chi connectivity index (χ1n) is 5.50. The van der Waals surface area contributed by atoms with Crippen LogP contribution in [0.1, 0.15) is 22.9 Å². The Balaban J connectivity index is 2.01. The van der Waals surface area contributed by atoms with Gasteiger partial charge in [0.15, 0.2) is 0 Å². The quantitative estimate of drug-likeness (QED) is 0.752. The fourth-order valence-electron chi connectivity index (χ4n) is 1.78. The summed E-state index contributed by atoms with van der Waals surface area (Å²) in [6, 6.07) is 5.09. The summed E-state index contributed by atoms with van der Waals surface area (Å²) in [5.74, 6) is 0. The molecular weight excluding hydrogens is 251 g/mol. The molecule has 0 amide bonds. The number of alkyl halides is 4. The predicted molar refractivity (Wildman–Crippen MR) is 61.1 cm³/mol. The molecule has 0 bridgehead atoms. The van der Waals surface area contributed by atoms with E-state index in [1.54, 1.807) is 0 Å². The van der Waals surface area contributed by atoms with Crippen molar-refractivity contribution in [2.45, 2.75) is 18.0 Å². The lowest BCUT2D eigenvalue weighted by molar-refractivity contribution is -0.137. The van der Waals surface area contributed by atoms with Crippen molar-refractivity contribution in [2.24, 2.45) is 0 Å². The lowest BCUT2D eigenvalue weighted by Crippen LogP contribution is -2.39. The maximum atomic E-state index is 12.4. The Labute approximate surface area is 103 Å². The highest BCUT2D eigenvalue weighted by Crippen LogP contribution is 2.31. The van der Waals surface area contributed by atoms with Crippen molar-refractivity contribution in [2.75, 3.05) is 19.6 Å². The fraction of sp³-hybridized carbons (Fsp3) is 0.500. The minimum atomic E-state index is -4.28. The van der Waals surface area contributed by atoms with Gasteiger partial charge >= 0.3 is 6.18 Å². The molecule has 1 heterocycles. The van der Waals surface area contributed by atoms with Gasteiger partial charge in [0.1, 0.15) is 0 Å². The summed E-state index contributed by atoms with van der Waals surface area (Å²) in [6.45, 7) is 2.76. The zero-order chi connectivity index (χ0) is 12.5.